The molecule has 0 bridgehead atoms. The Morgan fingerprint density at radius 3 is 2.37 bits per heavy atom. The van der Waals surface area contributed by atoms with Gasteiger partial charge in [-0.25, -0.2) is 13.8 Å². The van der Waals surface area contributed by atoms with Crippen molar-refractivity contribution in [3.05, 3.63) is 59.1 Å². The highest BCUT2D eigenvalue weighted by atomic mass is 35.5. The van der Waals surface area contributed by atoms with Crippen LogP contribution in [0, 0.1) is 6.92 Å². The van der Waals surface area contributed by atoms with E-state index in [1.807, 2.05) is 6.92 Å². The zero-order valence-corrected chi connectivity index (χ0v) is 18.5. The number of carbonyl (C=O) groups is 1. The highest BCUT2D eigenvalue weighted by molar-refractivity contribution is 7.92. The monoisotopic (exact) mass is 447 g/mol. The van der Waals surface area contributed by atoms with E-state index in [-0.39, 0.29) is 4.90 Å². The van der Waals surface area contributed by atoms with Crippen molar-refractivity contribution < 1.29 is 13.2 Å². The third-order valence-electron chi connectivity index (χ3n) is 5.08. The van der Waals surface area contributed by atoms with Crippen LogP contribution in [0.3, 0.4) is 0 Å². The maximum Gasteiger partial charge on any atom is 0.264 e. The molecule has 8 heteroatoms. The van der Waals surface area contributed by atoms with E-state index < -0.39 is 22.5 Å². The smallest absolute Gasteiger partial charge is 0.264 e. The van der Waals surface area contributed by atoms with Crippen molar-refractivity contribution in [2.24, 2.45) is 5.10 Å². The fourth-order valence-electron chi connectivity index (χ4n) is 3.33. The summed E-state index contributed by atoms with van der Waals surface area (Å²) in [6.07, 6.45) is 6.18. The number of aryl methyl sites for hydroxylation is 1. The normalized spacial score (nSPS) is 14.7. The molecule has 6 nitrogen and oxygen atoms in total. The van der Waals surface area contributed by atoms with Gasteiger partial charge < -0.3 is 0 Å². The second kappa shape index (κ2) is 10.1. The first-order valence-corrected chi connectivity index (χ1v) is 11.9. The lowest BCUT2D eigenvalue weighted by atomic mass is 10.2. The average Bonchev–Trinajstić information content (AvgIpc) is 3.02. The van der Waals surface area contributed by atoms with Crippen LogP contribution < -0.4 is 9.73 Å². The van der Waals surface area contributed by atoms with Gasteiger partial charge in [-0.2, -0.15) is 5.10 Å². The number of hydrogen-bond donors (Lipinski definition) is 1. The van der Waals surface area contributed by atoms with Gasteiger partial charge in [0, 0.05) is 10.7 Å². The van der Waals surface area contributed by atoms with E-state index in [4.69, 9.17) is 11.6 Å². The Labute approximate surface area is 183 Å². The molecular weight excluding hydrogens is 422 g/mol. The van der Waals surface area contributed by atoms with Gasteiger partial charge in [-0.3, -0.25) is 9.10 Å². The van der Waals surface area contributed by atoms with Crippen LogP contribution in [0.2, 0.25) is 5.02 Å². The Morgan fingerprint density at radius 2 is 1.73 bits per heavy atom. The predicted molar refractivity (Wildman–Crippen MR) is 120 cm³/mol. The number of rotatable bonds is 6. The maximum atomic E-state index is 13.3. The Bertz CT molecular complexity index is 1010. The summed E-state index contributed by atoms with van der Waals surface area (Å²) in [6, 6.07) is 13.0. The lowest BCUT2D eigenvalue weighted by molar-refractivity contribution is -0.119. The summed E-state index contributed by atoms with van der Waals surface area (Å²) in [7, 11) is -3.96. The highest BCUT2D eigenvalue weighted by Crippen LogP contribution is 2.28. The van der Waals surface area contributed by atoms with Gasteiger partial charge in [-0.05, 0) is 62.4 Å². The van der Waals surface area contributed by atoms with Crippen molar-refractivity contribution in [1.29, 1.82) is 0 Å². The lowest BCUT2D eigenvalue weighted by Crippen LogP contribution is -2.39. The van der Waals surface area contributed by atoms with Gasteiger partial charge in [0.1, 0.15) is 6.54 Å². The number of amides is 1. The molecular formula is C22H26ClN3O3S. The van der Waals surface area contributed by atoms with Crippen LogP contribution >= 0.6 is 11.6 Å². The molecule has 1 N–H and O–H groups in total. The molecule has 0 radical (unpaired) electrons. The van der Waals surface area contributed by atoms with E-state index in [9.17, 15) is 13.2 Å². The summed E-state index contributed by atoms with van der Waals surface area (Å²) >= 11 is 6.22. The molecule has 2 aromatic rings. The van der Waals surface area contributed by atoms with Gasteiger partial charge in [-0.1, -0.05) is 48.7 Å². The highest BCUT2D eigenvalue weighted by Gasteiger charge is 2.27. The first-order valence-electron chi connectivity index (χ1n) is 10.1. The van der Waals surface area contributed by atoms with Crippen molar-refractivity contribution >= 4 is 38.9 Å². The predicted octanol–water partition coefficient (Wildman–Crippen LogP) is 4.67. The molecule has 3 rings (SSSR count). The number of anilines is 1. The summed E-state index contributed by atoms with van der Waals surface area (Å²) in [5.74, 6) is -0.497. The summed E-state index contributed by atoms with van der Waals surface area (Å²) in [5, 5.41) is 4.68. The fraction of sp³-hybridized carbons (Fsp3) is 0.364. The zero-order chi connectivity index (χ0) is 21.6. The average molecular weight is 448 g/mol. The number of hydrogen-bond acceptors (Lipinski definition) is 4. The van der Waals surface area contributed by atoms with Gasteiger partial charge in [0.2, 0.25) is 0 Å². The fourth-order valence-corrected chi connectivity index (χ4v) is 4.94. The number of nitrogens with zero attached hydrogens (tertiary/aromatic N) is 2. The van der Waals surface area contributed by atoms with E-state index in [0.29, 0.717) is 10.7 Å². The molecule has 0 atom stereocenters. The first kappa shape index (κ1) is 22.3. The quantitative estimate of drug-likeness (QED) is 0.516. The minimum atomic E-state index is -3.96. The minimum Gasteiger partial charge on any atom is -0.271 e. The molecule has 2 aromatic carbocycles. The van der Waals surface area contributed by atoms with Crippen molar-refractivity contribution in [3.63, 3.8) is 0 Å². The maximum absolute atomic E-state index is 13.3. The minimum absolute atomic E-state index is 0.101. The molecule has 1 aliphatic rings. The summed E-state index contributed by atoms with van der Waals surface area (Å²) < 4.78 is 27.6. The van der Waals surface area contributed by atoms with Gasteiger partial charge >= 0.3 is 0 Å². The Kier molecular flexibility index (Phi) is 7.50. The van der Waals surface area contributed by atoms with Crippen LogP contribution in [0.5, 0.6) is 0 Å². The van der Waals surface area contributed by atoms with Crippen LogP contribution in [-0.2, 0) is 14.8 Å². The van der Waals surface area contributed by atoms with Crippen molar-refractivity contribution in [2.45, 2.75) is 50.3 Å². The van der Waals surface area contributed by atoms with Crippen LogP contribution in [0.25, 0.3) is 0 Å². The number of carbonyl (C=O) groups excluding carboxylic acids is 1. The summed E-state index contributed by atoms with van der Waals surface area (Å²) in [4.78, 5) is 12.7. The van der Waals surface area contributed by atoms with Crippen LogP contribution in [-0.4, -0.2) is 26.6 Å². The number of sulfonamides is 1. The third kappa shape index (κ3) is 5.61. The molecule has 1 amide bonds. The van der Waals surface area contributed by atoms with E-state index in [2.05, 4.69) is 10.5 Å². The van der Waals surface area contributed by atoms with Crippen LogP contribution in [0.1, 0.15) is 44.1 Å². The van der Waals surface area contributed by atoms with Crippen molar-refractivity contribution in [2.75, 3.05) is 10.8 Å². The molecule has 0 aliphatic heterocycles. The molecule has 0 saturated heterocycles. The zero-order valence-electron chi connectivity index (χ0n) is 17.0. The molecule has 30 heavy (non-hydrogen) atoms. The van der Waals surface area contributed by atoms with Gasteiger partial charge in [0.15, 0.2) is 0 Å². The van der Waals surface area contributed by atoms with Crippen LogP contribution in [0.4, 0.5) is 5.69 Å². The molecule has 0 heterocycles. The van der Waals surface area contributed by atoms with E-state index >= 15 is 0 Å². The third-order valence-corrected chi connectivity index (χ3v) is 7.28. The molecule has 1 fully saturated rings. The molecule has 1 aliphatic carbocycles. The molecule has 160 valence electrons. The number of benzene rings is 2. The standard InChI is InChI=1S/C22H26ClN3O3S/c1-17-13-14-19(15-21(17)23)26(30(28,29)20-11-7-4-8-12-20)16-22(27)25-24-18-9-5-2-3-6-10-18/h4,7-8,11-15H,2-3,5-6,9-10,16H2,1H3,(H,25,27). The van der Waals surface area contributed by atoms with Gasteiger partial charge in [0.25, 0.3) is 15.9 Å². The summed E-state index contributed by atoms with van der Waals surface area (Å²) in [6.45, 7) is 1.44. The molecule has 1 saturated carbocycles. The van der Waals surface area contributed by atoms with Crippen LogP contribution in [0.15, 0.2) is 58.5 Å². The molecule has 0 aromatic heterocycles. The SMILES string of the molecule is Cc1ccc(N(CC(=O)NN=C2CCCCCC2)S(=O)(=O)c2ccccc2)cc1Cl. The second-order valence-electron chi connectivity index (χ2n) is 7.39. The Morgan fingerprint density at radius 1 is 1.07 bits per heavy atom. The molecule has 0 unspecified atom stereocenters. The van der Waals surface area contributed by atoms with Crippen molar-refractivity contribution in [3.8, 4) is 0 Å². The van der Waals surface area contributed by atoms with E-state index in [1.165, 1.54) is 25.0 Å². The Hall–Kier alpha value is -2.38. The Balaban J connectivity index is 1.86. The number of nitrogens with one attached hydrogen (secondary N) is 1. The van der Waals surface area contributed by atoms with Gasteiger partial charge in [0.05, 0.1) is 10.6 Å². The topological polar surface area (TPSA) is 78.8 Å². The number of halogens is 1. The second-order valence-corrected chi connectivity index (χ2v) is 9.65. The van der Waals surface area contributed by atoms with E-state index in [1.54, 1.807) is 36.4 Å². The largest absolute Gasteiger partial charge is 0.271 e. The number of hydrazone groups is 1. The van der Waals surface area contributed by atoms with E-state index in [0.717, 1.165) is 41.3 Å². The first-order chi connectivity index (χ1) is 14.4. The van der Waals surface area contributed by atoms with Gasteiger partial charge in [-0.15, -0.1) is 0 Å². The molecule has 0 spiro atoms. The van der Waals surface area contributed by atoms with Crippen molar-refractivity contribution in [1.82, 2.24) is 5.43 Å². The lowest BCUT2D eigenvalue weighted by Gasteiger charge is -2.24. The summed E-state index contributed by atoms with van der Waals surface area (Å²) in [5.41, 5.74) is 4.64.